The molecule has 0 fully saturated rings. The predicted molar refractivity (Wildman–Crippen MR) is 63.3 cm³/mol. The number of carboxylic acid groups (broad SMARTS) is 1. The number of carbonyl (C=O) groups is 1. The Kier molecular flexibility index (Phi) is 3.58. The molecule has 0 unspecified atom stereocenters. The van der Waals surface area contributed by atoms with Crippen molar-refractivity contribution in [1.29, 1.82) is 0 Å². The van der Waals surface area contributed by atoms with Crippen LogP contribution in [0.15, 0.2) is 18.2 Å². The maximum atomic E-state index is 10.9. The van der Waals surface area contributed by atoms with Crippen molar-refractivity contribution in [2.24, 2.45) is 0 Å². The molecule has 0 spiro atoms. The molecule has 3 nitrogen and oxygen atoms in total. The highest BCUT2D eigenvalue weighted by Gasteiger charge is 2.23. The van der Waals surface area contributed by atoms with Crippen molar-refractivity contribution in [1.82, 2.24) is 0 Å². The molecule has 0 saturated carbocycles. The van der Waals surface area contributed by atoms with Crippen LogP contribution in [0.2, 0.25) is 0 Å². The number of hydrogen-bond donors (Lipinski definition) is 1. The fraction of sp³-hybridized carbons (Fsp3) is 0.462. The largest absolute Gasteiger partial charge is 0.496 e. The average molecular weight is 222 g/mol. The molecular formula is C13H18O3. The summed E-state index contributed by atoms with van der Waals surface area (Å²) in [5, 5.41) is 8.97. The number of hydrogen-bond acceptors (Lipinski definition) is 2. The highest BCUT2D eigenvalue weighted by Crippen LogP contribution is 2.34. The van der Waals surface area contributed by atoms with Gasteiger partial charge in [-0.15, -0.1) is 0 Å². The average Bonchev–Trinajstić information content (AvgIpc) is 2.28. The normalized spacial score (nSPS) is 11.2. The fourth-order valence-electron chi connectivity index (χ4n) is 1.56. The van der Waals surface area contributed by atoms with E-state index in [1.165, 1.54) is 0 Å². The molecule has 0 saturated heterocycles. The van der Waals surface area contributed by atoms with E-state index in [-0.39, 0.29) is 5.41 Å². The van der Waals surface area contributed by atoms with Crippen molar-refractivity contribution in [3.63, 3.8) is 0 Å². The molecule has 0 atom stereocenters. The Balaban J connectivity index is 3.33. The molecule has 1 aromatic rings. The number of methoxy groups -OCH3 is 1. The Bertz CT molecular complexity index is 394. The topological polar surface area (TPSA) is 46.5 Å². The van der Waals surface area contributed by atoms with Crippen molar-refractivity contribution in [2.75, 3.05) is 7.11 Å². The van der Waals surface area contributed by atoms with Crippen molar-refractivity contribution < 1.29 is 14.6 Å². The van der Waals surface area contributed by atoms with Crippen LogP contribution < -0.4 is 4.74 Å². The third-order valence-electron chi connectivity index (χ3n) is 3.06. The first-order valence-corrected chi connectivity index (χ1v) is 5.34. The molecule has 0 amide bonds. The fourth-order valence-corrected chi connectivity index (χ4v) is 1.56. The summed E-state index contributed by atoms with van der Waals surface area (Å²) < 4.78 is 5.28. The molecule has 3 heteroatoms. The number of aromatic carboxylic acids is 1. The van der Waals surface area contributed by atoms with E-state index in [0.717, 1.165) is 17.7 Å². The first-order valence-electron chi connectivity index (χ1n) is 5.34. The van der Waals surface area contributed by atoms with Gasteiger partial charge in [0.25, 0.3) is 0 Å². The van der Waals surface area contributed by atoms with Gasteiger partial charge in [0, 0.05) is 5.56 Å². The molecule has 0 heterocycles. The van der Waals surface area contributed by atoms with Crippen LogP contribution in [0.3, 0.4) is 0 Å². The second-order valence-electron chi connectivity index (χ2n) is 4.46. The van der Waals surface area contributed by atoms with E-state index < -0.39 is 5.97 Å². The molecule has 0 aliphatic rings. The minimum absolute atomic E-state index is 0.0865. The summed E-state index contributed by atoms with van der Waals surface area (Å²) in [5.41, 5.74) is 1.16. The van der Waals surface area contributed by atoms with Crippen LogP contribution >= 0.6 is 0 Å². The Labute approximate surface area is 96.1 Å². The van der Waals surface area contributed by atoms with Crippen LogP contribution in [-0.2, 0) is 5.41 Å². The molecular weight excluding hydrogens is 204 g/mol. The SMILES string of the molecule is CCC(C)(C)c1cc(C(=O)O)ccc1OC. The number of benzene rings is 1. The van der Waals surface area contributed by atoms with Crippen LogP contribution in [0.25, 0.3) is 0 Å². The smallest absolute Gasteiger partial charge is 0.335 e. The van der Waals surface area contributed by atoms with E-state index in [2.05, 4.69) is 20.8 Å². The summed E-state index contributed by atoms with van der Waals surface area (Å²) in [4.78, 5) is 10.9. The van der Waals surface area contributed by atoms with Crippen LogP contribution in [0.1, 0.15) is 43.1 Å². The summed E-state index contributed by atoms with van der Waals surface area (Å²) >= 11 is 0. The quantitative estimate of drug-likeness (QED) is 0.851. The lowest BCUT2D eigenvalue weighted by molar-refractivity contribution is 0.0696. The Morgan fingerprint density at radius 1 is 1.44 bits per heavy atom. The molecule has 0 aliphatic heterocycles. The molecule has 0 bridgehead atoms. The zero-order valence-corrected chi connectivity index (χ0v) is 10.2. The van der Waals surface area contributed by atoms with Crippen molar-refractivity contribution in [3.8, 4) is 5.75 Å². The summed E-state index contributed by atoms with van der Waals surface area (Å²) in [6.07, 6.45) is 0.923. The lowest BCUT2D eigenvalue weighted by atomic mass is 9.81. The minimum atomic E-state index is -0.907. The van der Waals surface area contributed by atoms with Gasteiger partial charge in [0.15, 0.2) is 0 Å². The maximum Gasteiger partial charge on any atom is 0.335 e. The van der Waals surface area contributed by atoms with E-state index in [1.807, 2.05) is 0 Å². The molecule has 0 aliphatic carbocycles. The zero-order chi connectivity index (χ0) is 12.3. The highest BCUT2D eigenvalue weighted by molar-refractivity contribution is 5.88. The zero-order valence-electron chi connectivity index (χ0n) is 10.2. The maximum absolute atomic E-state index is 10.9. The highest BCUT2D eigenvalue weighted by atomic mass is 16.5. The monoisotopic (exact) mass is 222 g/mol. The second-order valence-corrected chi connectivity index (χ2v) is 4.46. The van der Waals surface area contributed by atoms with Crippen LogP contribution in [-0.4, -0.2) is 18.2 Å². The molecule has 1 aromatic carbocycles. The molecule has 88 valence electrons. The number of rotatable bonds is 4. The predicted octanol–water partition coefficient (Wildman–Crippen LogP) is 3.08. The van der Waals surface area contributed by atoms with Gasteiger partial charge in [-0.3, -0.25) is 0 Å². The van der Waals surface area contributed by atoms with Gasteiger partial charge in [0.05, 0.1) is 12.7 Å². The summed E-state index contributed by atoms with van der Waals surface area (Å²) in [6, 6.07) is 4.98. The Hall–Kier alpha value is -1.51. The molecule has 0 radical (unpaired) electrons. The van der Waals surface area contributed by atoms with Crippen molar-refractivity contribution in [2.45, 2.75) is 32.6 Å². The van der Waals surface area contributed by atoms with Gasteiger partial charge in [-0.05, 0) is 30.0 Å². The van der Waals surface area contributed by atoms with Gasteiger partial charge in [0.1, 0.15) is 5.75 Å². The van der Waals surface area contributed by atoms with E-state index in [9.17, 15) is 4.79 Å². The minimum Gasteiger partial charge on any atom is -0.496 e. The second kappa shape index (κ2) is 4.56. The van der Waals surface area contributed by atoms with Crippen molar-refractivity contribution in [3.05, 3.63) is 29.3 Å². The van der Waals surface area contributed by atoms with Crippen LogP contribution in [0.4, 0.5) is 0 Å². The third-order valence-corrected chi connectivity index (χ3v) is 3.06. The van der Waals surface area contributed by atoms with Crippen LogP contribution in [0, 0.1) is 0 Å². The van der Waals surface area contributed by atoms with Gasteiger partial charge < -0.3 is 9.84 Å². The molecule has 16 heavy (non-hydrogen) atoms. The summed E-state index contributed by atoms with van der Waals surface area (Å²) in [6.45, 7) is 6.24. The Morgan fingerprint density at radius 3 is 2.50 bits per heavy atom. The molecule has 1 N–H and O–H groups in total. The first kappa shape index (κ1) is 12.6. The third kappa shape index (κ3) is 2.35. The molecule has 1 rings (SSSR count). The van der Waals surface area contributed by atoms with Gasteiger partial charge >= 0.3 is 5.97 Å². The van der Waals surface area contributed by atoms with Gasteiger partial charge in [-0.2, -0.15) is 0 Å². The van der Waals surface area contributed by atoms with E-state index >= 15 is 0 Å². The van der Waals surface area contributed by atoms with E-state index in [4.69, 9.17) is 9.84 Å². The van der Waals surface area contributed by atoms with E-state index in [1.54, 1.807) is 25.3 Å². The van der Waals surface area contributed by atoms with E-state index in [0.29, 0.717) is 5.56 Å². The number of ether oxygens (including phenoxy) is 1. The summed E-state index contributed by atoms with van der Waals surface area (Å²) in [5.74, 6) is -0.160. The summed E-state index contributed by atoms with van der Waals surface area (Å²) in [7, 11) is 1.60. The van der Waals surface area contributed by atoms with Gasteiger partial charge in [-0.1, -0.05) is 20.8 Å². The number of carboxylic acids is 1. The lowest BCUT2D eigenvalue weighted by Crippen LogP contribution is -2.17. The van der Waals surface area contributed by atoms with Gasteiger partial charge in [-0.25, -0.2) is 4.79 Å². The lowest BCUT2D eigenvalue weighted by Gasteiger charge is -2.25. The standard InChI is InChI=1S/C13H18O3/c1-5-13(2,3)10-8-9(12(14)15)6-7-11(10)16-4/h6-8H,5H2,1-4H3,(H,14,15). The molecule has 0 aromatic heterocycles. The van der Waals surface area contributed by atoms with Crippen molar-refractivity contribution >= 4 is 5.97 Å². The van der Waals surface area contributed by atoms with Gasteiger partial charge in [0.2, 0.25) is 0 Å². The first-order chi connectivity index (χ1) is 7.42. The van der Waals surface area contributed by atoms with Crippen LogP contribution in [0.5, 0.6) is 5.75 Å². The Morgan fingerprint density at radius 2 is 2.06 bits per heavy atom.